The Morgan fingerprint density at radius 1 is 1.29 bits per heavy atom. The second-order valence-corrected chi connectivity index (χ2v) is 6.08. The van der Waals surface area contributed by atoms with Gasteiger partial charge in [0.1, 0.15) is 5.82 Å². The van der Waals surface area contributed by atoms with Crippen molar-refractivity contribution in [3.63, 3.8) is 0 Å². The number of rotatable bonds is 4. The zero-order valence-electron chi connectivity index (χ0n) is 14.0. The maximum atomic E-state index is 12.5. The number of carbonyl (C=O) groups is 2. The second kappa shape index (κ2) is 6.83. The molecule has 2 amide bonds. The van der Waals surface area contributed by atoms with E-state index in [1.165, 1.54) is 5.56 Å². The molecule has 1 aliphatic heterocycles. The van der Waals surface area contributed by atoms with Crippen molar-refractivity contribution in [2.75, 3.05) is 16.8 Å². The van der Waals surface area contributed by atoms with E-state index in [1.807, 2.05) is 43.3 Å². The van der Waals surface area contributed by atoms with Gasteiger partial charge in [-0.3, -0.25) is 9.59 Å². The molecule has 1 atom stereocenters. The average Bonchev–Trinajstić information content (AvgIpc) is 2.99. The first-order valence-corrected chi connectivity index (χ1v) is 8.20. The van der Waals surface area contributed by atoms with E-state index in [9.17, 15) is 9.59 Å². The van der Waals surface area contributed by atoms with Gasteiger partial charge in [0.15, 0.2) is 0 Å². The van der Waals surface area contributed by atoms with Gasteiger partial charge in [0.05, 0.1) is 5.92 Å². The van der Waals surface area contributed by atoms with Gasteiger partial charge in [-0.05, 0) is 42.7 Å². The number of aryl methyl sites for hydroxylation is 2. The smallest absolute Gasteiger partial charge is 0.230 e. The fourth-order valence-electron chi connectivity index (χ4n) is 2.88. The lowest BCUT2D eigenvalue weighted by Gasteiger charge is -2.17. The minimum absolute atomic E-state index is 0.0165. The number of hydrogen-bond donors (Lipinski definition) is 1. The van der Waals surface area contributed by atoms with Gasteiger partial charge in [-0.25, -0.2) is 4.98 Å². The predicted octanol–water partition coefficient (Wildman–Crippen LogP) is 2.94. The molecule has 0 aliphatic carbocycles. The van der Waals surface area contributed by atoms with Crippen LogP contribution < -0.4 is 10.2 Å². The summed E-state index contributed by atoms with van der Waals surface area (Å²) in [5.74, 6) is 0.0282. The summed E-state index contributed by atoms with van der Waals surface area (Å²) in [5, 5.41) is 2.83. The predicted molar refractivity (Wildman–Crippen MR) is 93.9 cm³/mol. The van der Waals surface area contributed by atoms with Crippen LogP contribution in [0.5, 0.6) is 0 Å². The van der Waals surface area contributed by atoms with E-state index >= 15 is 0 Å². The monoisotopic (exact) mass is 323 g/mol. The Morgan fingerprint density at radius 3 is 2.71 bits per heavy atom. The molecule has 124 valence electrons. The SMILES string of the molecule is CCc1ccc(N2CC(C(=O)Nc3ncccc3C)CC2=O)cc1. The summed E-state index contributed by atoms with van der Waals surface area (Å²) < 4.78 is 0. The van der Waals surface area contributed by atoms with Gasteiger partial charge in [-0.2, -0.15) is 0 Å². The molecule has 0 radical (unpaired) electrons. The first-order chi connectivity index (χ1) is 11.6. The fraction of sp³-hybridized carbons (Fsp3) is 0.316. The lowest BCUT2D eigenvalue weighted by atomic mass is 10.1. The van der Waals surface area contributed by atoms with E-state index in [-0.39, 0.29) is 24.2 Å². The number of carbonyl (C=O) groups excluding carboxylic acids is 2. The third-order valence-corrected chi connectivity index (χ3v) is 4.40. The van der Waals surface area contributed by atoms with Gasteiger partial charge < -0.3 is 10.2 Å². The first-order valence-electron chi connectivity index (χ1n) is 8.20. The average molecular weight is 323 g/mol. The Labute approximate surface area is 141 Å². The van der Waals surface area contributed by atoms with Gasteiger partial charge in [0, 0.05) is 24.8 Å². The Kier molecular flexibility index (Phi) is 4.60. The van der Waals surface area contributed by atoms with Crippen LogP contribution >= 0.6 is 0 Å². The maximum Gasteiger partial charge on any atom is 0.230 e. The van der Waals surface area contributed by atoms with Crippen LogP contribution in [0.4, 0.5) is 11.5 Å². The van der Waals surface area contributed by atoms with E-state index in [0.29, 0.717) is 12.4 Å². The zero-order valence-corrected chi connectivity index (χ0v) is 14.0. The lowest BCUT2D eigenvalue weighted by molar-refractivity contribution is -0.122. The number of aromatic nitrogens is 1. The summed E-state index contributed by atoms with van der Waals surface area (Å²) >= 11 is 0. The summed E-state index contributed by atoms with van der Waals surface area (Å²) in [6.45, 7) is 4.39. The van der Waals surface area contributed by atoms with Gasteiger partial charge in [0.2, 0.25) is 11.8 Å². The van der Waals surface area contributed by atoms with Crippen LogP contribution in [0.25, 0.3) is 0 Å². The molecule has 2 heterocycles. The molecule has 0 saturated carbocycles. The molecule has 1 aliphatic rings. The summed E-state index contributed by atoms with van der Waals surface area (Å²) in [6.07, 6.45) is 2.83. The van der Waals surface area contributed by atoms with Crippen LogP contribution in [-0.4, -0.2) is 23.3 Å². The number of benzene rings is 1. The molecule has 1 saturated heterocycles. The molecule has 1 fully saturated rings. The van der Waals surface area contributed by atoms with Gasteiger partial charge >= 0.3 is 0 Å². The molecule has 1 unspecified atom stereocenters. The quantitative estimate of drug-likeness (QED) is 0.941. The zero-order chi connectivity index (χ0) is 17.1. The molecule has 24 heavy (non-hydrogen) atoms. The Balaban J connectivity index is 1.69. The summed E-state index contributed by atoms with van der Waals surface area (Å²) in [4.78, 5) is 30.6. The fourth-order valence-corrected chi connectivity index (χ4v) is 2.88. The summed E-state index contributed by atoms with van der Waals surface area (Å²) in [7, 11) is 0. The normalized spacial score (nSPS) is 17.2. The third kappa shape index (κ3) is 3.30. The second-order valence-electron chi connectivity index (χ2n) is 6.08. The molecular formula is C19H21N3O2. The van der Waals surface area contributed by atoms with Crippen molar-refractivity contribution < 1.29 is 9.59 Å². The molecule has 5 heteroatoms. The lowest BCUT2D eigenvalue weighted by Crippen LogP contribution is -2.28. The number of pyridine rings is 1. The van der Waals surface area contributed by atoms with E-state index < -0.39 is 0 Å². The molecule has 1 N–H and O–H groups in total. The molecule has 1 aromatic carbocycles. The summed E-state index contributed by atoms with van der Waals surface area (Å²) in [5.41, 5.74) is 2.98. The van der Waals surface area contributed by atoms with Gasteiger partial charge in [-0.1, -0.05) is 25.1 Å². The largest absolute Gasteiger partial charge is 0.312 e. The van der Waals surface area contributed by atoms with E-state index in [2.05, 4.69) is 17.2 Å². The van der Waals surface area contributed by atoms with Gasteiger partial charge in [0.25, 0.3) is 0 Å². The highest BCUT2D eigenvalue weighted by molar-refractivity contribution is 6.03. The van der Waals surface area contributed by atoms with Crippen molar-refractivity contribution in [1.29, 1.82) is 0 Å². The van der Waals surface area contributed by atoms with Crippen LogP contribution in [0.3, 0.4) is 0 Å². The van der Waals surface area contributed by atoms with Crippen LogP contribution in [0.15, 0.2) is 42.6 Å². The Bertz CT molecular complexity index is 755. The van der Waals surface area contributed by atoms with Crippen LogP contribution in [-0.2, 0) is 16.0 Å². The number of nitrogens with one attached hydrogen (secondary N) is 1. The Hall–Kier alpha value is -2.69. The van der Waals surface area contributed by atoms with Crippen LogP contribution in [0, 0.1) is 12.8 Å². The van der Waals surface area contributed by atoms with Crippen molar-refractivity contribution in [2.24, 2.45) is 5.92 Å². The topological polar surface area (TPSA) is 62.3 Å². The molecule has 2 aromatic rings. The first kappa shape index (κ1) is 16.2. The molecule has 0 spiro atoms. The summed E-state index contributed by atoms with van der Waals surface area (Å²) in [6, 6.07) is 11.6. The Morgan fingerprint density at radius 2 is 2.04 bits per heavy atom. The van der Waals surface area contributed by atoms with Crippen LogP contribution in [0.1, 0.15) is 24.5 Å². The highest BCUT2D eigenvalue weighted by Gasteiger charge is 2.35. The molecule has 1 aromatic heterocycles. The molecular weight excluding hydrogens is 302 g/mol. The van der Waals surface area contributed by atoms with Crippen molar-refractivity contribution in [2.45, 2.75) is 26.7 Å². The number of amides is 2. The van der Waals surface area contributed by atoms with Gasteiger partial charge in [-0.15, -0.1) is 0 Å². The van der Waals surface area contributed by atoms with Crippen molar-refractivity contribution in [1.82, 2.24) is 4.98 Å². The van der Waals surface area contributed by atoms with E-state index in [0.717, 1.165) is 17.7 Å². The highest BCUT2D eigenvalue weighted by Crippen LogP contribution is 2.26. The van der Waals surface area contributed by atoms with Crippen molar-refractivity contribution >= 4 is 23.3 Å². The molecule has 3 rings (SSSR count). The van der Waals surface area contributed by atoms with E-state index in [1.54, 1.807) is 11.1 Å². The number of nitrogens with zero attached hydrogens (tertiary/aromatic N) is 2. The standard InChI is InChI=1S/C19H21N3O2/c1-3-14-6-8-16(9-7-14)22-12-15(11-17(22)23)19(24)21-18-13(2)5-4-10-20-18/h4-10,15H,3,11-12H2,1-2H3,(H,20,21,24). The number of anilines is 2. The minimum Gasteiger partial charge on any atom is -0.312 e. The van der Waals surface area contributed by atoms with Crippen molar-refractivity contribution in [3.8, 4) is 0 Å². The van der Waals surface area contributed by atoms with Crippen molar-refractivity contribution in [3.05, 3.63) is 53.7 Å². The molecule has 5 nitrogen and oxygen atoms in total. The maximum absolute atomic E-state index is 12.5. The highest BCUT2D eigenvalue weighted by atomic mass is 16.2. The third-order valence-electron chi connectivity index (χ3n) is 4.40. The molecule has 0 bridgehead atoms. The van der Waals surface area contributed by atoms with E-state index in [4.69, 9.17) is 0 Å². The van der Waals surface area contributed by atoms with Crippen LogP contribution in [0.2, 0.25) is 0 Å². The number of hydrogen-bond acceptors (Lipinski definition) is 3. The minimum atomic E-state index is -0.357.